The minimum Gasteiger partial charge on any atom is -0.368 e. The van der Waals surface area contributed by atoms with Gasteiger partial charge in [-0.05, 0) is 25.0 Å². The number of aryl methyl sites for hydroxylation is 1. The van der Waals surface area contributed by atoms with Crippen LogP contribution in [0.3, 0.4) is 0 Å². The Balaban J connectivity index is 1.40. The van der Waals surface area contributed by atoms with Gasteiger partial charge in [-0.25, -0.2) is 9.97 Å². The Morgan fingerprint density at radius 2 is 2.04 bits per heavy atom. The van der Waals surface area contributed by atoms with Gasteiger partial charge in [0.15, 0.2) is 0 Å². The van der Waals surface area contributed by atoms with Crippen LogP contribution in [0.25, 0.3) is 11.0 Å². The lowest BCUT2D eigenvalue weighted by molar-refractivity contribution is -0.132. The molecule has 1 aliphatic heterocycles. The topological polar surface area (TPSA) is 99.0 Å². The molecule has 146 valence electrons. The maximum atomic E-state index is 12.8. The third-order valence-electron chi connectivity index (χ3n) is 5.31. The molecular formula is C20H24N6O2. The molecule has 1 saturated heterocycles. The van der Waals surface area contributed by atoms with E-state index in [-0.39, 0.29) is 18.4 Å². The first-order valence-corrected chi connectivity index (χ1v) is 9.59. The van der Waals surface area contributed by atoms with Gasteiger partial charge < -0.3 is 19.8 Å². The smallest absolute Gasteiger partial charge is 0.237 e. The molecule has 2 aromatic heterocycles. The largest absolute Gasteiger partial charge is 0.368 e. The molecule has 1 fully saturated rings. The van der Waals surface area contributed by atoms with E-state index in [0.29, 0.717) is 19.5 Å². The molecule has 28 heavy (non-hydrogen) atoms. The number of hydrogen-bond donors (Lipinski definition) is 1. The maximum Gasteiger partial charge on any atom is 0.237 e. The van der Waals surface area contributed by atoms with Crippen molar-refractivity contribution in [2.75, 3.05) is 13.1 Å². The fraction of sp³-hybridized carbons (Fsp3) is 0.400. The molecule has 8 heteroatoms. The number of nitrogens with zero attached hydrogens (tertiary/aromatic N) is 5. The molecule has 1 aliphatic rings. The highest BCUT2D eigenvalue weighted by Crippen LogP contribution is 2.26. The number of hydrogen-bond acceptors (Lipinski definition) is 4. The van der Waals surface area contributed by atoms with E-state index in [4.69, 9.17) is 5.73 Å². The first-order valence-electron chi connectivity index (χ1n) is 9.59. The van der Waals surface area contributed by atoms with Crippen molar-refractivity contribution in [2.45, 2.75) is 38.3 Å². The number of amides is 2. The number of benzene rings is 1. The van der Waals surface area contributed by atoms with Crippen LogP contribution in [0.15, 0.2) is 43.0 Å². The van der Waals surface area contributed by atoms with E-state index >= 15 is 0 Å². The van der Waals surface area contributed by atoms with Crippen molar-refractivity contribution in [1.29, 1.82) is 0 Å². The van der Waals surface area contributed by atoms with E-state index in [0.717, 1.165) is 36.2 Å². The van der Waals surface area contributed by atoms with Gasteiger partial charge in [-0.1, -0.05) is 12.1 Å². The molecule has 1 atom stereocenters. The second-order valence-electron chi connectivity index (χ2n) is 7.24. The average molecular weight is 380 g/mol. The van der Waals surface area contributed by atoms with Crippen LogP contribution in [0.4, 0.5) is 0 Å². The molecule has 8 nitrogen and oxygen atoms in total. The Morgan fingerprint density at radius 3 is 2.89 bits per heavy atom. The molecule has 0 radical (unpaired) electrons. The second kappa shape index (κ2) is 7.84. The van der Waals surface area contributed by atoms with Gasteiger partial charge in [-0.15, -0.1) is 0 Å². The van der Waals surface area contributed by atoms with E-state index in [9.17, 15) is 9.59 Å². The highest BCUT2D eigenvalue weighted by molar-refractivity contribution is 5.78. The molecule has 1 unspecified atom stereocenters. The highest BCUT2D eigenvalue weighted by atomic mass is 16.2. The number of primary amides is 1. The van der Waals surface area contributed by atoms with Crippen molar-refractivity contribution in [3.63, 3.8) is 0 Å². The molecule has 1 aromatic carbocycles. The van der Waals surface area contributed by atoms with E-state index < -0.39 is 5.91 Å². The molecule has 0 aliphatic carbocycles. The second-order valence-corrected chi connectivity index (χ2v) is 7.24. The minimum atomic E-state index is -0.393. The van der Waals surface area contributed by atoms with Gasteiger partial charge >= 0.3 is 0 Å². The Kier molecular flexibility index (Phi) is 5.10. The normalized spacial score (nSPS) is 17.1. The fourth-order valence-electron chi connectivity index (χ4n) is 3.96. The SMILES string of the molecule is NC(=O)Cn1ccnc1C1CCCN(C(=O)CCn2cnc3ccccc32)C1. The van der Waals surface area contributed by atoms with Crippen molar-refractivity contribution in [2.24, 2.45) is 5.73 Å². The van der Waals surface area contributed by atoms with Crippen LogP contribution in [-0.2, 0) is 22.7 Å². The zero-order valence-corrected chi connectivity index (χ0v) is 15.7. The van der Waals surface area contributed by atoms with Crippen LogP contribution in [0.5, 0.6) is 0 Å². The summed E-state index contributed by atoms with van der Waals surface area (Å²) < 4.78 is 3.81. The third kappa shape index (κ3) is 3.76. The minimum absolute atomic E-state index is 0.119. The maximum absolute atomic E-state index is 12.8. The third-order valence-corrected chi connectivity index (χ3v) is 5.31. The van der Waals surface area contributed by atoms with Gasteiger partial charge in [0.1, 0.15) is 12.4 Å². The Labute approximate surface area is 163 Å². The Hall–Kier alpha value is -3.16. The van der Waals surface area contributed by atoms with E-state index in [2.05, 4.69) is 9.97 Å². The van der Waals surface area contributed by atoms with Gasteiger partial charge in [0.2, 0.25) is 11.8 Å². The fourth-order valence-corrected chi connectivity index (χ4v) is 3.96. The molecule has 0 saturated carbocycles. The molecule has 3 heterocycles. The highest BCUT2D eigenvalue weighted by Gasteiger charge is 2.27. The molecular weight excluding hydrogens is 356 g/mol. The van der Waals surface area contributed by atoms with Crippen LogP contribution in [0.2, 0.25) is 0 Å². The van der Waals surface area contributed by atoms with Crippen LogP contribution in [0.1, 0.15) is 31.0 Å². The zero-order valence-electron chi connectivity index (χ0n) is 15.7. The first-order chi connectivity index (χ1) is 13.6. The summed E-state index contributed by atoms with van der Waals surface area (Å²) in [5.41, 5.74) is 7.30. The predicted molar refractivity (Wildman–Crippen MR) is 104 cm³/mol. The van der Waals surface area contributed by atoms with Crippen molar-refractivity contribution in [3.05, 3.63) is 48.8 Å². The summed E-state index contributed by atoms with van der Waals surface area (Å²) in [6, 6.07) is 7.92. The monoisotopic (exact) mass is 380 g/mol. The molecule has 0 spiro atoms. The van der Waals surface area contributed by atoms with Crippen LogP contribution >= 0.6 is 0 Å². The zero-order chi connectivity index (χ0) is 19.5. The Bertz CT molecular complexity index is 991. The lowest BCUT2D eigenvalue weighted by atomic mass is 9.96. The summed E-state index contributed by atoms with van der Waals surface area (Å²) >= 11 is 0. The molecule has 2 N–H and O–H groups in total. The number of likely N-dealkylation sites (tertiary alicyclic amines) is 1. The number of carbonyl (C=O) groups excluding carboxylic acids is 2. The number of nitrogens with two attached hydrogens (primary N) is 1. The first kappa shape index (κ1) is 18.2. The summed E-state index contributed by atoms with van der Waals surface area (Å²) in [4.78, 5) is 34.8. The summed E-state index contributed by atoms with van der Waals surface area (Å²) in [6.07, 6.45) is 7.55. The quantitative estimate of drug-likeness (QED) is 0.701. The number of piperidine rings is 1. The van der Waals surface area contributed by atoms with Gasteiger partial charge in [-0.3, -0.25) is 9.59 Å². The van der Waals surface area contributed by atoms with Crippen molar-refractivity contribution >= 4 is 22.8 Å². The van der Waals surface area contributed by atoms with Crippen molar-refractivity contribution in [3.8, 4) is 0 Å². The number of rotatable bonds is 6. The van der Waals surface area contributed by atoms with Gasteiger partial charge in [-0.2, -0.15) is 0 Å². The van der Waals surface area contributed by atoms with Gasteiger partial charge in [0, 0.05) is 44.4 Å². The molecule has 0 bridgehead atoms. The predicted octanol–water partition coefficient (Wildman–Crippen LogP) is 1.51. The number of para-hydroxylation sites is 2. The van der Waals surface area contributed by atoms with Crippen molar-refractivity contribution < 1.29 is 9.59 Å². The van der Waals surface area contributed by atoms with E-state index in [1.54, 1.807) is 23.3 Å². The van der Waals surface area contributed by atoms with Crippen molar-refractivity contribution in [1.82, 2.24) is 24.0 Å². The number of aromatic nitrogens is 4. The standard InChI is InChI=1S/C20H24N6O2/c21-18(27)13-25-11-8-22-20(25)15-4-3-9-24(12-15)19(28)7-10-26-14-23-16-5-1-2-6-17(16)26/h1-2,5-6,8,11,14-15H,3-4,7,9-10,12-13H2,(H2,21,27). The van der Waals surface area contributed by atoms with Gasteiger partial charge in [0.05, 0.1) is 17.4 Å². The lowest BCUT2D eigenvalue weighted by Gasteiger charge is -2.32. The number of fused-ring (bicyclic) bond motifs is 1. The summed E-state index contributed by atoms with van der Waals surface area (Å²) in [5.74, 6) is 0.698. The van der Waals surface area contributed by atoms with E-state index in [1.165, 1.54) is 0 Å². The Morgan fingerprint density at radius 1 is 1.18 bits per heavy atom. The summed E-state index contributed by atoms with van der Waals surface area (Å²) in [6.45, 7) is 2.11. The van der Waals surface area contributed by atoms with E-state index in [1.807, 2.05) is 33.7 Å². The van der Waals surface area contributed by atoms with Crippen LogP contribution in [-0.4, -0.2) is 48.9 Å². The molecule has 4 rings (SSSR count). The lowest BCUT2D eigenvalue weighted by Crippen LogP contribution is -2.40. The van der Waals surface area contributed by atoms with Crippen LogP contribution < -0.4 is 5.73 Å². The number of carbonyl (C=O) groups is 2. The summed E-state index contributed by atoms with van der Waals surface area (Å²) in [5, 5.41) is 0. The van der Waals surface area contributed by atoms with Gasteiger partial charge in [0.25, 0.3) is 0 Å². The molecule has 3 aromatic rings. The molecule has 2 amide bonds. The van der Waals surface area contributed by atoms with Crippen LogP contribution in [0, 0.1) is 0 Å². The summed E-state index contributed by atoms with van der Waals surface area (Å²) in [7, 11) is 0. The average Bonchev–Trinajstić information content (AvgIpc) is 3.32. The number of imidazole rings is 2.